The molecule has 3 rings (SSSR count). The number of ether oxygens (including phenoxy) is 1. The number of imidazole rings is 1. The van der Waals surface area contributed by atoms with Crippen molar-refractivity contribution in [1.29, 1.82) is 0 Å². The Bertz CT molecular complexity index is 970. The number of anilines is 1. The molecule has 2 aromatic rings. The fraction of sp³-hybridized carbons (Fsp3) is 0.722. The molecule has 168 valence electrons. The summed E-state index contributed by atoms with van der Waals surface area (Å²) in [5, 5.41) is 8.64. The summed E-state index contributed by atoms with van der Waals surface area (Å²) in [6, 6.07) is 0. The van der Waals surface area contributed by atoms with E-state index in [0.717, 1.165) is 6.42 Å². The van der Waals surface area contributed by atoms with Crippen LogP contribution in [0.2, 0.25) is 5.15 Å². The van der Waals surface area contributed by atoms with Crippen LogP contribution >= 0.6 is 19.2 Å². The van der Waals surface area contributed by atoms with E-state index in [1.165, 1.54) is 6.92 Å². The molecule has 5 atom stereocenters. The molecule has 3 heterocycles. The Balaban J connectivity index is 1.74. The van der Waals surface area contributed by atoms with Crippen LogP contribution in [0.3, 0.4) is 0 Å². The fourth-order valence-corrected chi connectivity index (χ4v) is 5.09. The summed E-state index contributed by atoms with van der Waals surface area (Å²) in [7, 11) is -4.26. The fourth-order valence-electron chi connectivity index (χ4n) is 3.47. The Morgan fingerprint density at radius 2 is 2.07 bits per heavy atom. The third-order valence-electron chi connectivity index (χ3n) is 5.82. The second kappa shape index (κ2) is 8.33. The van der Waals surface area contributed by atoms with Gasteiger partial charge >= 0.3 is 7.60 Å². The van der Waals surface area contributed by atoms with Crippen molar-refractivity contribution in [3.05, 3.63) is 11.5 Å². The summed E-state index contributed by atoms with van der Waals surface area (Å²) >= 11 is 6.09. The lowest BCUT2D eigenvalue weighted by Crippen LogP contribution is -2.36. The Morgan fingerprint density at radius 3 is 2.70 bits per heavy atom. The summed E-state index contributed by atoms with van der Waals surface area (Å²) in [5.41, 5.74) is 5.71. The zero-order valence-electron chi connectivity index (χ0n) is 17.6. The molecule has 10 nitrogen and oxygen atoms in total. The van der Waals surface area contributed by atoms with Crippen molar-refractivity contribution in [3.63, 3.8) is 0 Å². The van der Waals surface area contributed by atoms with Crippen LogP contribution in [-0.4, -0.2) is 46.6 Å². The molecule has 12 heteroatoms. The second-order valence-electron chi connectivity index (χ2n) is 8.18. The largest absolute Gasteiger partial charge is 0.378 e. The highest BCUT2D eigenvalue weighted by molar-refractivity contribution is 7.54. The number of aliphatic hydroxyl groups is 1. The van der Waals surface area contributed by atoms with Gasteiger partial charge in [-0.1, -0.05) is 25.4 Å². The van der Waals surface area contributed by atoms with Crippen LogP contribution in [0.5, 0.6) is 0 Å². The topological polar surface area (TPSA) is 146 Å². The first kappa shape index (κ1) is 23.4. The molecular weight excluding hydrogens is 433 g/mol. The Hall–Kier alpha value is -1.29. The zero-order valence-corrected chi connectivity index (χ0v) is 19.2. The van der Waals surface area contributed by atoms with Gasteiger partial charge in [0.05, 0.1) is 18.0 Å². The molecule has 0 bridgehead atoms. The Morgan fingerprint density at radius 1 is 1.37 bits per heavy atom. The molecule has 0 saturated carbocycles. The molecule has 0 aliphatic carbocycles. The predicted molar refractivity (Wildman–Crippen MR) is 113 cm³/mol. The molecule has 1 aliphatic rings. The smallest absolute Gasteiger partial charge is 0.359 e. The van der Waals surface area contributed by atoms with Gasteiger partial charge in [-0.2, -0.15) is 9.97 Å². The Labute approximate surface area is 180 Å². The van der Waals surface area contributed by atoms with Crippen LogP contribution in [-0.2, 0) is 13.8 Å². The van der Waals surface area contributed by atoms with Gasteiger partial charge in [-0.05, 0) is 39.5 Å². The number of hydrogen-bond donors (Lipinski definition) is 3. The highest BCUT2D eigenvalue weighted by Gasteiger charge is 2.47. The SMILES string of the molecule is CCC(C)(CC1CCC(n2cnc3c(Cl)nc(N)nc32)O1)OP(=O)(O)C(C)(O)CC. The van der Waals surface area contributed by atoms with Crippen molar-refractivity contribution in [3.8, 4) is 0 Å². The van der Waals surface area contributed by atoms with Crippen molar-refractivity contribution >= 4 is 36.3 Å². The van der Waals surface area contributed by atoms with Crippen LogP contribution in [0.4, 0.5) is 5.95 Å². The molecule has 30 heavy (non-hydrogen) atoms. The molecule has 2 aromatic heterocycles. The number of nitrogens with two attached hydrogens (primary N) is 1. The quantitative estimate of drug-likeness (QED) is 0.396. The van der Waals surface area contributed by atoms with Crippen molar-refractivity contribution in [2.45, 2.75) is 83.1 Å². The van der Waals surface area contributed by atoms with E-state index in [2.05, 4.69) is 15.0 Å². The lowest BCUT2D eigenvalue weighted by Gasteiger charge is -2.37. The minimum Gasteiger partial charge on any atom is -0.378 e. The van der Waals surface area contributed by atoms with Crippen molar-refractivity contribution in [1.82, 2.24) is 19.5 Å². The first-order valence-corrected chi connectivity index (χ1v) is 11.9. The average Bonchev–Trinajstić information content (AvgIpc) is 3.27. The third kappa shape index (κ3) is 4.49. The van der Waals surface area contributed by atoms with Crippen molar-refractivity contribution < 1.29 is 23.8 Å². The normalized spacial score (nSPS) is 25.7. The van der Waals surface area contributed by atoms with Crippen LogP contribution in [0.25, 0.3) is 11.2 Å². The van der Waals surface area contributed by atoms with Gasteiger partial charge in [0.2, 0.25) is 5.95 Å². The number of fused-ring (bicyclic) bond motifs is 1. The van der Waals surface area contributed by atoms with Crippen LogP contribution < -0.4 is 5.73 Å². The Kier molecular flexibility index (Phi) is 6.49. The minimum atomic E-state index is -4.26. The monoisotopic (exact) mass is 461 g/mol. The molecule has 1 aliphatic heterocycles. The van der Waals surface area contributed by atoms with Crippen LogP contribution in [0, 0.1) is 0 Å². The summed E-state index contributed by atoms with van der Waals surface area (Å²) in [6.45, 7) is 6.59. The van der Waals surface area contributed by atoms with Gasteiger partial charge in [0.25, 0.3) is 0 Å². The van der Waals surface area contributed by atoms with Gasteiger partial charge in [-0.3, -0.25) is 9.13 Å². The van der Waals surface area contributed by atoms with Gasteiger partial charge in [-0.25, -0.2) is 4.98 Å². The third-order valence-corrected chi connectivity index (χ3v) is 8.31. The van der Waals surface area contributed by atoms with E-state index < -0.39 is 18.5 Å². The molecule has 5 unspecified atom stereocenters. The maximum absolute atomic E-state index is 12.7. The lowest BCUT2D eigenvalue weighted by molar-refractivity contribution is -0.0478. The molecule has 1 saturated heterocycles. The molecular formula is C18H29ClN5O5P. The number of halogens is 1. The van der Waals surface area contributed by atoms with Gasteiger partial charge in [0.1, 0.15) is 11.7 Å². The average molecular weight is 462 g/mol. The molecule has 1 fully saturated rings. The maximum atomic E-state index is 12.7. The zero-order chi connectivity index (χ0) is 22.3. The molecule has 0 spiro atoms. The number of rotatable bonds is 8. The first-order chi connectivity index (χ1) is 13.9. The van der Waals surface area contributed by atoms with Crippen LogP contribution in [0.15, 0.2) is 6.33 Å². The van der Waals surface area contributed by atoms with E-state index in [-0.39, 0.29) is 29.9 Å². The summed E-state index contributed by atoms with van der Waals surface area (Å²) < 4.78 is 26.2. The van der Waals surface area contributed by atoms with E-state index in [0.29, 0.717) is 30.4 Å². The highest BCUT2D eigenvalue weighted by atomic mass is 35.5. The van der Waals surface area contributed by atoms with E-state index in [4.69, 9.17) is 26.6 Å². The molecule has 4 N–H and O–H groups in total. The molecule has 0 aromatic carbocycles. The summed E-state index contributed by atoms with van der Waals surface area (Å²) in [4.78, 5) is 22.7. The number of nitrogens with zero attached hydrogens (tertiary/aromatic N) is 4. The van der Waals surface area contributed by atoms with E-state index in [1.807, 2.05) is 6.92 Å². The van der Waals surface area contributed by atoms with Crippen LogP contribution in [0.1, 0.15) is 66.0 Å². The molecule has 0 amide bonds. The van der Waals surface area contributed by atoms with Gasteiger partial charge in [0, 0.05) is 6.42 Å². The van der Waals surface area contributed by atoms with Gasteiger partial charge in [-0.15, -0.1) is 0 Å². The van der Waals surface area contributed by atoms with E-state index in [9.17, 15) is 14.6 Å². The minimum absolute atomic E-state index is 0.0532. The number of aromatic nitrogens is 4. The lowest BCUT2D eigenvalue weighted by atomic mass is 9.94. The second-order valence-corrected chi connectivity index (χ2v) is 10.7. The van der Waals surface area contributed by atoms with E-state index in [1.54, 1.807) is 24.7 Å². The first-order valence-electron chi connectivity index (χ1n) is 9.98. The standard InChI is InChI=1S/C18H29ClN5O5P/c1-5-17(3,29-30(26,27)18(4,25)6-2)9-11-7-8-12(28-11)24-10-21-13-14(19)22-16(20)23-15(13)24/h10-12,25H,5-9H2,1-4H3,(H,26,27)(H2,20,22,23). The van der Waals surface area contributed by atoms with Crippen molar-refractivity contribution in [2.24, 2.45) is 0 Å². The van der Waals surface area contributed by atoms with Gasteiger partial charge < -0.3 is 25.0 Å². The van der Waals surface area contributed by atoms with E-state index >= 15 is 0 Å². The number of hydrogen-bond acceptors (Lipinski definition) is 8. The van der Waals surface area contributed by atoms with Crippen molar-refractivity contribution in [2.75, 3.05) is 5.73 Å². The number of nitrogen functional groups attached to an aromatic ring is 1. The summed E-state index contributed by atoms with van der Waals surface area (Å²) in [6.07, 6.45) is 3.45. The van der Waals surface area contributed by atoms with Gasteiger partial charge in [0.15, 0.2) is 16.1 Å². The molecule has 0 radical (unpaired) electrons. The highest BCUT2D eigenvalue weighted by Crippen LogP contribution is 2.59. The maximum Gasteiger partial charge on any atom is 0.359 e. The predicted octanol–water partition coefficient (Wildman–Crippen LogP) is 3.62. The summed E-state index contributed by atoms with van der Waals surface area (Å²) in [5.74, 6) is 0.0532.